The van der Waals surface area contributed by atoms with Crippen LogP contribution in [0.4, 0.5) is 5.82 Å². The van der Waals surface area contributed by atoms with E-state index < -0.39 is 0 Å². The number of nitrogens with zero attached hydrogens (tertiary/aromatic N) is 4. The Kier molecular flexibility index (Phi) is 7.86. The van der Waals surface area contributed by atoms with Crippen molar-refractivity contribution in [2.75, 3.05) is 44.5 Å². The highest BCUT2D eigenvalue weighted by atomic mass is 32.2. The second kappa shape index (κ2) is 11.2. The minimum Gasteiger partial charge on any atom is -0.497 e. The molecule has 1 unspecified atom stereocenters. The van der Waals surface area contributed by atoms with Crippen LogP contribution >= 0.6 is 11.8 Å². The lowest BCUT2D eigenvalue weighted by Gasteiger charge is -2.26. The van der Waals surface area contributed by atoms with E-state index in [4.69, 9.17) is 14.6 Å². The van der Waals surface area contributed by atoms with Gasteiger partial charge in [-0.05, 0) is 55.7 Å². The Balaban J connectivity index is 1.79. The predicted molar refractivity (Wildman–Crippen MR) is 159 cm³/mol. The molecule has 9 heteroatoms. The zero-order valence-electron chi connectivity index (χ0n) is 24.2. The van der Waals surface area contributed by atoms with E-state index in [1.54, 1.807) is 19.1 Å². The number of benzene rings is 2. The van der Waals surface area contributed by atoms with Gasteiger partial charge in [-0.25, -0.2) is 4.68 Å². The van der Waals surface area contributed by atoms with E-state index in [2.05, 4.69) is 26.8 Å². The Morgan fingerprint density at radius 2 is 1.82 bits per heavy atom. The number of carbonyl (C=O) groups is 2. The van der Waals surface area contributed by atoms with Gasteiger partial charge in [-0.15, -0.1) is 11.8 Å². The highest BCUT2D eigenvalue weighted by Crippen LogP contribution is 2.51. The van der Waals surface area contributed by atoms with Gasteiger partial charge in [-0.1, -0.05) is 32.9 Å². The molecule has 0 radical (unpaired) electrons. The number of thioether (sulfide) groups is 1. The maximum atomic E-state index is 13.9. The molecule has 3 aromatic rings. The number of amides is 2. The molecule has 0 aliphatic carbocycles. The van der Waals surface area contributed by atoms with E-state index >= 15 is 0 Å². The van der Waals surface area contributed by atoms with Crippen LogP contribution in [0.1, 0.15) is 61.2 Å². The maximum Gasteiger partial charge on any atom is 0.242 e. The van der Waals surface area contributed by atoms with E-state index in [1.807, 2.05) is 52.9 Å². The van der Waals surface area contributed by atoms with Gasteiger partial charge in [0.1, 0.15) is 23.9 Å². The fourth-order valence-corrected chi connectivity index (χ4v) is 6.72. The molecule has 5 rings (SSSR count). The Morgan fingerprint density at radius 3 is 2.48 bits per heavy atom. The molecule has 2 aromatic carbocycles. The number of anilines is 1. The van der Waals surface area contributed by atoms with Crippen LogP contribution in [0, 0.1) is 6.92 Å². The molecule has 1 saturated heterocycles. The van der Waals surface area contributed by atoms with Crippen LogP contribution in [0.3, 0.4) is 0 Å². The van der Waals surface area contributed by atoms with Crippen LogP contribution in [0.5, 0.6) is 11.5 Å². The summed E-state index contributed by atoms with van der Waals surface area (Å²) in [6.07, 6.45) is 1.99. The van der Waals surface area contributed by atoms with Gasteiger partial charge in [-0.3, -0.25) is 14.5 Å². The monoisotopic (exact) mass is 562 g/mol. The first kappa shape index (κ1) is 28.1. The summed E-state index contributed by atoms with van der Waals surface area (Å²) in [7, 11) is 3.30. The number of fused-ring (bicyclic) bond motifs is 1. The highest BCUT2D eigenvalue weighted by Gasteiger charge is 2.41. The third-order valence-corrected chi connectivity index (χ3v) is 8.75. The summed E-state index contributed by atoms with van der Waals surface area (Å²) in [4.78, 5) is 30.9. The minimum atomic E-state index is -0.345. The smallest absolute Gasteiger partial charge is 0.242 e. The largest absolute Gasteiger partial charge is 0.497 e. The van der Waals surface area contributed by atoms with Crippen LogP contribution in [0.2, 0.25) is 0 Å². The number of carbonyl (C=O) groups excluding carboxylic acids is 2. The average Bonchev–Trinajstić information content (AvgIpc) is 3.58. The molecule has 2 amide bonds. The lowest BCUT2D eigenvalue weighted by molar-refractivity contribution is -0.130. The lowest BCUT2D eigenvalue weighted by atomic mass is 9.87. The molecule has 2 aliphatic heterocycles. The molecule has 3 heterocycles. The van der Waals surface area contributed by atoms with Crippen LogP contribution in [-0.4, -0.2) is 66.1 Å². The Morgan fingerprint density at radius 1 is 1.07 bits per heavy atom. The van der Waals surface area contributed by atoms with Crippen LogP contribution in [0.15, 0.2) is 42.5 Å². The molecule has 40 heavy (non-hydrogen) atoms. The van der Waals surface area contributed by atoms with E-state index in [-0.39, 0.29) is 34.8 Å². The standard InChI is InChI=1S/C31H38N4O4S/c1-20-10-9-11-21(16-20)35-30-27(29(32-35)31(2,3)4)28(23-17-22(38-5)12-13-24(23)39-6)40-19-26(37)34(30)18-25(36)33-14-7-8-15-33/h9-13,16-17,28H,7-8,14-15,18-19H2,1-6H3. The second-order valence-electron chi connectivity index (χ2n) is 11.5. The van der Waals surface area contributed by atoms with Gasteiger partial charge in [0.2, 0.25) is 11.8 Å². The van der Waals surface area contributed by atoms with Crippen molar-refractivity contribution in [3.05, 3.63) is 64.8 Å². The summed E-state index contributed by atoms with van der Waals surface area (Å²) in [5, 5.41) is 4.92. The highest BCUT2D eigenvalue weighted by molar-refractivity contribution is 8.00. The van der Waals surface area contributed by atoms with E-state index in [0.717, 1.165) is 54.0 Å². The SMILES string of the molecule is COc1ccc(OC)c(C2SCC(=O)N(CC(=O)N3CCCC3)c3c2c(C(C)(C)C)nn3-c2cccc(C)c2)c1. The zero-order valence-corrected chi connectivity index (χ0v) is 25.0. The van der Waals surface area contributed by atoms with Crippen LogP contribution < -0.4 is 14.4 Å². The Bertz CT molecular complexity index is 1420. The number of aromatic nitrogens is 2. The summed E-state index contributed by atoms with van der Waals surface area (Å²) in [5.74, 6) is 2.13. The Hall–Kier alpha value is -3.46. The number of methoxy groups -OCH3 is 2. The number of hydrogen-bond acceptors (Lipinski definition) is 6. The average molecular weight is 563 g/mol. The molecule has 0 spiro atoms. The molecular formula is C31H38N4O4S. The molecule has 8 nitrogen and oxygen atoms in total. The van der Waals surface area contributed by atoms with E-state index in [9.17, 15) is 9.59 Å². The molecule has 0 saturated carbocycles. The molecule has 212 valence electrons. The molecule has 1 aromatic heterocycles. The second-order valence-corrected chi connectivity index (χ2v) is 12.5. The number of likely N-dealkylation sites (tertiary alicyclic amines) is 1. The molecule has 2 aliphatic rings. The van der Waals surface area contributed by atoms with Crippen molar-refractivity contribution >= 4 is 29.4 Å². The van der Waals surface area contributed by atoms with Gasteiger partial charge in [0.05, 0.1) is 36.6 Å². The van der Waals surface area contributed by atoms with Crippen molar-refractivity contribution in [2.45, 2.75) is 51.2 Å². The van der Waals surface area contributed by atoms with Gasteiger partial charge in [0, 0.05) is 29.6 Å². The predicted octanol–water partition coefficient (Wildman–Crippen LogP) is 5.29. The normalized spacial score (nSPS) is 17.6. The van der Waals surface area contributed by atoms with E-state index in [1.165, 1.54) is 11.8 Å². The summed E-state index contributed by atoms with van der Waals surface area (Å²) in [5.41, 5.74) is 4.29. The molecular weight excluding hydrogens is 524 g/mol. The van der Waals surface area contributed by atoms with Gasteiger partial charge in [0.15, 0.2) is 0 Å². The first-order valence-corrected chi connectivity index (χ1v) is 14.8. The maximum absolute atomic E-state index is 13.9. The topological polar surface area (TPSA) is 76.9 Å². The first-order valence-electron chi connectivity index (χ1n) is 13.7. The number of hydrogen-bond donors (Lipinski definition) is 0. The summed E-state index contributed by atoms with van der Waals surface area (Å²) < 4.78 is 13.3. The van der Waals surface area contributed by atoms with Gasteiger partial charge >= 0.3 is 0 Å². The van der Waals surface area contributed by atoms with Crippen LogP contribution in [-0.2, 0) is 15.0 Å². The fourth-order valence-electron chi connectivity index (χ4n) is 5.50. The third-order valence-electron chi connectivity index (χ3n) is 7.52. The van der Waals surface area contributed by atoms with Crippen molar-refractivity contribution in [1.82, 2.24) is 14.7 Å². The number of rotatable bonds is 6. The lowest BCUT2D eigenvalue weighted by Crippen LogP contribution is -2.43. The fraction of sp³-hybridized carbons (Fsp3) is 0.452. The quantitative estimate of drug-likeness (QED) is 0.407. The molecule has 0 bridgehead atoms. The number of ether oxygens (including phenoxy) is 2. The van der Waals surface area contributed by atoms with Crippen molar-refractivity contribution in [3.63, 3.8) is 0 Å². The van der Waals surface area contributed by atoms with Crippen molar-refractivity contribution in [1.29, 1.82) is 0 Å². The van der Waals surface area contributed by atoms with E-state index in [0.29, 0.717) is 17.3 Å². The van der Waals surface area contributed by atoms with Gasteiger partial charge in [0.25, 0.3) is 0 Å². The minimum absolute atomic E-state index is 0.0184. The third kappa shape index (κ3) is 5.31. The molecule has 1 atom stereocenters. The van der Waals surface area contributed by atoms with Crippen LogP contribution in [0.25, 0.3) is 5.69 Å². The van der Waals surface area contributed by atoms with Gasteiger partial charge < -0.3 is 14.4 Å². The summed E-state index contributed by atoms with van der Waals surface area (Å²) in [6.45, 7) is 9.88. The van der Waals surface area contributed by atoms with Crippen molar-refractivity contribution in [3.8, 4) is 17.2 Å². The summed E-state index contributed by atoms with van der Waals surface area (Å²) in [6, 6.07) is 13.8. The van der Waals surface area contributed by atoms with Crippen molar-refractivity contribution < 1.29 is 19.1 Å². The van der Waals surface area contributed by atoms with Crippen molar-refractivity contribution in [2.24, 2.45) is 0 Å². The molecule has 0 N–H and O–H groups in total. The summed E-state index contributed by atoms with van der Waals surface area (Å²) >= 11 is 1.54. The number of aryl methyl sites for hydroxylation is 1. The Labute approximate surface area is 240 Å². The molecule has 1 fully saturated rings. The first-order chi connectivity index (χ1) is 19.1. The zero-order chi connectivity index (χ0) is 28.6. The van der Waals surface area contributed by atoms with Gasteiger partial charge in [-0.2, -0.15) is 5.10 Å².